The van der Waals surface area contributed by atoms with Gasteiger partial charge in [-0.2, -0.15) is 5.10 Å². The Morgan fingerprint density at radius 2 is 1.64 bits per heavy atom. The Morgan fingerprint density at radius 3 is 2.25 bits per heavy atom. The summed E-state index contributed by atoms with van der Waals surface area (Å²) in [7, 11) is 6.72. The molecule has 4 aromatic rings. The predicted molar refractivity (Wildman–Crippen MR) is 107 cm³/mol. The van der Waals surface area contributed by atoms with E-state index in [1.165, 1.54) is 0 Å². The van der Waals surface area contributed by atoms with Gasteiger partial charge in [-0.25, -0.2) is 9.97 Å². The van der Waals surface area contributed by atoms with Gasteiger partial charge < -0.3 is 14.2 Å². The highest BCUT2D eigenvalue weighted by Crippen LogP contribution is 2.38. The van der Waals surface area contributed by atoms with E-state index in [1.54, 1.807) is 38.4 Å². The summed E-state index contributed by atoms with van der Waals surface area (Å²) >= 11 is 0. The highest BCUT2D eigenvalue weighted by Gasteiger charge is 2.15. The van der Waals surface area contributed by atoms with Crippen LogP contribution in [0.15, 0.2) is 48.9 Å². The Hall–Kier alpha value is -3.61. The van der Waals surface area contributed by atoms with Crippen molar-refractivity contribution in [3.63, 3.8) is 0 Å². The molecule has 7 nitrogen and oxygen atoms in total. The lowest BCUT2D eigenvalue weighted by atomic mass is 9.99. The molecule has 0 saturated carbocycles. The monoisotopic (exact) mass is 376 g/mol. The molecular formula is C21H20N4O3. The van der Waals surface area contributed by atoms with Gasteiger partial charge in [0.05, 0.1) is 38.7 Å². The van der Waals surface area contributed by atoms with E-state index >= 15 is 0 Å². The van der Waals surface area contributed by atoms with Gasteiger partial charge in [0.2, 0.25) is 5.88 Å². The molecule has 0 unspecified atom stereocenters. The largest absolute Gasteiger partial charge is 0.493 e. The third-order valence-electron chi connectivity index (χ3n) is 4.57. The molecule has 0 N–H and O–H groups in total. The smallest absolute Gasteiger partial charge is 0.212 e. The molecule has 7 heteroatoms. The summed E-state index contributed by atoms with van der Waals surface area (Å²) in [6.07, 6.45) is 5.52. The number of methoxy groups -OCH3 is 3. The van der Waals surface area contributed by atoms with Crippen LogP contribution in [0.5, 0.6) is 17.4 Å². The fourth-order valence-corrected chi connectivity index (χ4v) is 3.15. The van der Waals surface area contributed by atoms with Crippen molar-refractivity contribution in [2.24, 2.45) is 7.05 Å². The summed E-state index contributed by atoms with van der Waals surface area (Å²) in [6, 6.07) is 9.67. The summed E-state index contributed by atoms with van der Waals surface area (Å²) in [5.41, 5.74) is 4.48. The van der Waals surface area contributed by atoms with Gasteiger partial charge in [0.1, 0.15) is 0 Å². The van der Waals surface area contributed by atoms with Crippen LogP contribution in [0.4, 0.5) is 0 Å². The highest BCUT2D eigenvalue weighted by molar-refractivity contribution is 5.98. The fourth-order valence-electron chi connectivity index (χ4n) is 3.15. The average molecular weight is 376 g/mol. The van der Waals surface area contributed by atoms with Gasteiger partial charge in [-0.1, -0.05) is 0 Å². The molecular weight excluding hydrogens is 356 g/mol. The number of ether oxygens (including phenoxy) is 3. The van der Waals surface area contributed by atoms with Crippen molar-refractivity contribution in [1.82, 2.24) is 19.7 Å². The van der Waals surface area contributed by atoms with Crippen LogP contribution in [-0.4, -0.2) is 41.1 Å². The summed E-state index contributed by atoms with van der Waals surface area (Å²) in [5.74, 6) is 1.84. The quantitative estimate of drug-likeness (QED) is 0.529. The van der Waals surface area contributed by atoms with Crippen molar-refractivity contribution in [1.29, 1.82) is 0 Å². The zero-order chi connectivity index (χ0) is 19.7. The first-order valence-electron chi connectivity index (χ1n) is 8.69. The molecule has 0 aliphatic rings. The van der Waals surface area contributed by atoms with E-state index in [0.717, 1.165) is 33.3 Å². The minimum Gasteiger partial charge on any atom is -0.493 e. The van der Waals surface area contributed by atoms with Crippen molar-refractivity contribution in [2.75, 3.05) is 21.3 Å². The van der Waals surface area contributed by atoms with Crippen LogP contribution >= 0.6 is 0 Å². The van der Waals surface area contributed by atoms with E-state index in [2.05, 4.69) is 10.1 Å². The number of pyridine rings is 2. The standard InChI is InChI=1S/C21H20N4O3/c1-25-12-14(11-23-25)17-7-15(13-5-6-21(28-4)22-10-13)16-8-19(26-2)20(27-3)9-18(16)24-17/h5-12H,1-4H3. The fraction of sp³-hybridized carbons (Fsp3) is 0.190. The Balaban J connectivity index is 2.00. The molecule has 4 rings (SSSR count). The van der Waals surface area contributed by atoms with Crippen LogP contribution in [0.1, 0.15) is 0 Å². The first-order chi connectivity index (χ1) is 13.6. The molecule has 0 saturated heterocycles. The minimum absolute atomic E-state index is 0.564. The first kappa shape index (κ1) is 17.8. The lowest BCUT2D eigenvalue weighted by Crippen LogP contribution is -1.95. The minimum atomic E-state index is 0.564. The van der Waals surface area contributed by atoms with E-state index in [1.807, 2.05) is 43.6 Å². The van der Waals surface area contributed by atoms with Crippen molar-refractivity contribution in [3.05, 3.63) is 48.9 Å². The van der Waals surface area contributed by atoms with Crippen molar-refractivity contribution >= 4 is 10.9 Å². The number of rotatable bonds is 5. The van der Waals surface area contributed by atoms with Crippen LogP contribution in [-0.2, 0) is 7.05 Å². The molecule has 1 aromatic carbocycles. The predicted octanol–water partition coefficient (Wildman–Crippen LogP) is 3.72. The van der Waals surface area contributed by atoms with Crippen molar-refractivity contribution in [3.8, 4) is 39.8 Å². The molecule has 0 fully saturated rings. The molecule has 3 aromatic heterocycles. The molecule has 0 radical (unpaired) electrons. The van der Waals surface area contributed by atoms with Crippen molar-refractivity contribution in [2.45, 2.75) is 0 Å². The molecule has 3 heterocycles. The number of hydrogen-bond donors (Lipinski definition) is 0. The van der Waals surface area contributed by atoms with Gasteiger partial charge in [0, 0.05) is 48.1 Å². The maximum Gasteiger partial charge on any atom is 0.212 e. The molecule has 0 aliphatic heterocycles. The second-order valence-corrected chi connectivity index (χ2v) is 6.27. The zero-order valence-electron chi connectivity index (χ0n) is 16.1. The Labute approximate surface area is 162 Å². The number of fused-ring (bicyclic) bond motifs is 1. The van der Waals surface area contributed by atoms with E-state index in [4.69, 9.17) is 19.2 Å². The van der Waals surface area contributed by atoms with Gasteiger partial charge in [0.15, 0.2) is 11.5 Å². The van der Waals surface area contributed by atoms with Gasteiger partial charge in [-0.3, -0.25) is 4.68 Å². The summed E-state index contributed by atoms with van der Waals surface area (Å²) in [6.45, 7) is 0. The van der Waals surface area contributed by atoms with Gasteiger partial charge in [0.25, 0.3) is 0 Å². The third-order valence-corrected chi connectivity index (χ3v) is 4.57. The van der Waals surface area contributed by atoms with Crippen LogP contribution < -0.4 is 14.2 Å². The SMILES string of the molecule is COc1ccc(-c2cc(-c3cnn(C)c3)nc3cc(OC)c(OC)cc23)cn1. The Kier molecular flexibility index (Phi) is 4.57. The molecule has 142 valence electrons. The molecule has 0 amide bonds. The van der Waals surface area contributed by atoms with Crippen LogP contribution in [0.25, 0.3) is 33.3 Å². The highest BCUT2D eigenvalue weighted by atomic mass is 16.5. The topological polar surface area (TPSA) is 71.3 Å². The van der Waals surface area contributed by atoms with Gasteiger partial charge in [-0.05, 0) is 23.8 Å². The Bertz CT molecular complexity index is 1140. The van der Waals surface area contributed by atoms with E-state index in [0.29, 0.717) is 17.4 Å². The lowest BCUT2D eigenvalue weighted by molar-refractivity contribution is 0.356. The molecule has 0 atom stereocenters. The lowest BCUT2D eigenvalue weighted by Gasteiger charge is -2.13. The number of aromatic nitrogens is 4. The van der Waals surface area contributed by atoms with Crippen LogP contribution in [0, 0.1) is 0 Å². The average Bonchev–Trinajstić information content (AvgIpc) is 3.18. The Morgan fingerprint density at radius 1 is 0.857 bits per heavy atom. The molecule has 0 aliphatic carbocycles. The van der Waals surface area contributed by atoms with Gasteiger partial charge in [-0.15, -0.1) is 0 Å². The first-order valence-corrected chi connectivity index (χ1v) is 8.69. The van der Waals surface area contributed by atoms with E-state index in [-0.39, 0.29) is 0 Å². The van der Waals surface area contributed by atoms with E-state index < -0.39 is 0 Å². The number of aryl methyl sites for hydroxylation is 1. The van der Waals surface area contributed by atoms with Gasteiger partial charge >= 0.3 is 0 Å². The van der Waals surface area contributed by atoms with Crippen molar-refractivity contribution < 1.29 is 14.2 Å². The molecule has 28 heavy (non-hydrogen) atoms. The normalized spacial score (nSPS) is 10.9. The second kappa shape index (κ2) is 7.19. The van der Waals surface area contributed by atoms with E-state index in [9.17, 15) is 0 Å². The second-order valence-electron chi connectivity index (χ2n) is 6.27. The maximum atomic E-state index is 5.49. The number of nitrogens with zero attached hydrogens (tertiary/aromatic N) is 4. The number of benzene rings is 1. The van der Waals surface area contributed by atoms with Crippen LogP contribution in [0.2, 0.25) is 0 Å². The molecule has 0 spiro atoms. The zero-order valence-corrected chi connectivity index (χ0v) is 16.1. The summed E-state index contributed by atoms with van der Waals surface area (Å²) in [5, 5.41) is 5.20. The number of hydrogen-bond acceptors (Lipinski definition) is 6. The maximum absolute atomic E-state index is 5.49. The summed E-state index contributed by atoms with van der Waals surface area (Å²) < 4.78 is 17.9. The van der Waals surface area contributed by atoms with Crippen LogP contribution in [0.3, 0.4) is 0 Å². The molecule has 0 bridgehead atoms. The third kappa shape index (κ3) is 3.11. The summed E-state index contributed by atoms with van der Waals surface area (Å²) in [4.78, 5) is 9.18.